The molecule has 2 aromatic rings. The predicted molar refractivity (Wildman–Crippen MR) is 125 cm³/mol. The molecular formula is C22H28ClN3O5S. The Labute approximate surface area is 194 Å². The molecule has 2 amide bonds. The van der Waals surface area contributed by atoms with E-state index >= 15 is 0 Å². The number of methoxy groups -OCH3 is 1. The van der Waals surface area contributed by atoms with Crippen LogP contribution in [0.3, 0.4) is 0 Å². The van der Waals surface area contributed by atoms with Crippen LogP contribution in [0.2, 0.25) is 5.02 Å². The van der Waals surface area contributed by atoms with Crippen molar-refractivity contribution in [2.24, 2.45) is 0 Å². The minimum Gasteiger partial charge on any atom is -0.497 e. The van der Waals surface area contributed by atoms with Crippen molar-refractivity contribution in [1.82, 2.24) is 10.2 Å². The number of nitrogens with zero attached hydrogens (tertiary/aromatic N) is 2. The number of amides is 2. The van der Waals surface area contributed by atoms with Crippen molar-refractivity contribution in [2.75, 3.05) is 31.3 Å². The van der Waals surface area contributed by atoms with Gasteiger partial charge in [0.1, 0.15) is 18.3 Å². The smallest absolute Gasteiger partial charge is 0.244 e. The number of carbonyl (C=O) groups is 2. The summed E-state index contributed by atoms with van der Waals surface area (Å²) >= 11 is 6.00. The molecule has 0 saturated heterocycles. The lowest BCUT2D eigenvalue weighted by atomic mass is 10.1. The van der Waals surface area contributed by atoms with Gasteiger partial charge in [-0.25, -0.2) is 8.42 Å². The van der Waals surface area contributed by atoms with Gasteiger partial charge in [0.15, 0.2) is 0 Å². The second-order valence-electron chi connectivity index (χ2n) is 7.36. The summed E-state index contributed by atoms with van der Waals surface area (Å²) in [5.74, 6) is -0.282. The molecule has 0 aliphatic rings. The topological polar surface area (TPSA) is 96.0 Å². The van der Waals surface area contributed by atoms with Crippen molar-refractivity contribution in [3.05, 3.63) is 58.6 Å². The van der Waals surface area contributed by atoms with Crippen LogP contribution in [0.5, 0.6) is 5.75 Å². The fourth-order valence-electron chi connectivity index (χ4n) is 3.25. The molecule has 0 bridgehead atoms. The molecule has 1 atom stereocenters. The fourth-order valence-corrected chi connectivity index (χ4v) is 4.39. The van der Waals surface area contributed by atoms with Gasteiger partial charge < -0.3 is 15.0 Å². The summed E-state index contributed by atoms with van der Waals surface area (Å²) in [7, 11) is -0.780. The number of aryl methyl sites for hydroxylation is 1. The molecule has 10 heteroatoms. The van der Waals surface area contributed by atoms with Crippen LogP contribution >= 0.6 is 11.6 Å². The van der Waals surface area contributed by atoms with Crippen molar-refractivity contribution >= 4 is 39.1 Å². The lowest BCUT2D eigenvalue weighted by Gasteiger charge is -2.31. The largest absolute Gasteiger partial charge is 0.497 e. The maximum absolute atomic E-state index is 13.4. The third-order valence-corrected chi connectivity index (χ3v) is 6.37. The van der Waals surface area contributed by atoms with Gasteiger partial charge in [-0.15, -0.1) is 0 Å². The van der Waals surface area contributed by atoms with Gasteiger partial charge in [0, 0.05) is 18.6 Å². The summed E-state index contributed by atoms with van der Waals surface area (Å²) in [6.07, 6.45) is 1.03. The summed E-state index contributed by atoms with van der Waals surface area (Å²) < 4.78 is 31.4. The van der Waals surface area contributed by atoms with Crippen molar-refractivity contribution in [3.63, 3.8) is 0 Å². The van der Waals surface area contributed by atoms with E-state index in [0.717, 1.165) is 16.1 Å². The van der Waals surface area contributed by atoms with E-state index in [-0.39, 0.29) is 12.5 Å². The molecule has 0 fully saturated rings. The second-order valence-corrected chi connectivity index (χ2v) is 9.71. The second kappa shape index (κ2) is 10.7. The van der Waals surface area contributed by atoms with E-state index in [0.29, 0.717) is 22.0 Å². The molecule has 2 aromatic carbocycles. The summed E-state index contributed by atoms with van der Waals surface area (Å²) in [4.78, 5) is 27.0. The van der Waals surface area contributed by atoms with Crippen LogP contribution in [-0.4, -0.2) is 58.1 Å². The van der Waals surface area contributed by atoms with Crippen LogP contribution in [0.1, 0.15) is 18.1 Å². The third-order valence-electron chi connectivity index (χ3n) is 5.01. The van der Waals surface area contributed by atoms with Gasteiger partial charge in [0.2, 0.25) is 21.8 Å². The van der Waals surface area contributed by atoms with Gasteiger partial charge in [0.05, 0.1) is 19.1 Å². The SMILES string of the molecule is CNC(=O)[C@@H](C)N(Cc1cccc(OC)c1)C(=O)CN(c1ccc(Cl)cc1C)S(C)(=O)=O. The molecule has 0 saturated carbocycles. The average molecular weight is 482 g/mol. The zero-order chi connectivity index (χ0) is 24.1. The summed E-state index contributed by atoms with van der Waals surface area (Å²) in [5.41, 5.74) is 1.69. The van der Waals surface area contributed by atoms with E-state index < -0.39 is 28.5 Å². The van der Waals surface area contributed by atoms with E-state index in [9.17, 15) is 18.0 Å². The average Bonchev–Trinajstić information content (AvgIpc) is 2.74. The Balaban J connectivity index is 2.42. The predicted octanol–water partition coefficient (Wildman–Crippen LogP) is 2.59. The summed E-state index contributed by atoms with van der Waals surface area (Å²) in [5, 5.41) is 2.99. The van der Waals surface area contributed by atoms with Crippen LogP contribution < -0.4 is 14.4 Å². The first kappa shape index (κ1) is 25.5. The molecule has 0 radical (unpaired) electrons. The number of nitrogens with one attached hydrogen (secondary N) is 1. The Morgan fingerprint density at radius 2 is 1.88 bits per heavy atom. The van der Waals surface area contributed by atoms with E-state index in [2.05, 4.69) is 5.32 Å². The van der Waals surface area contributed by atoms with Crippen LogP contribution in [0.25, 0.3) is 0 Å². The van der Waals surface area contributed by atoms with Crippen LogP contribution in [-0.2, 0) is 26.2 Å². The van der Waals surface area contributed by atoms with Crippen molar-refractivity contribution in [2.45, 2.75) is 26.4 Å². The molecule has 0 unspecified atom stereocenters. The molecule has 174 valence electrons. The van der Waals surface area contributed by atoms with E-state index in [1.807, 2.05) is 0 Å². The Kier molecular flexibility index (Phi) is 8.51. The first-order valence-electron chi connectivity index (χ1n) is 9.85. The highest BCUT2D eigenvalue weighted by molar-refractivity contribution is 7.92. The van der Waals surface area contributed by atoms with Gasteiger partial charge >= 0.3 is 0 Å². The number of anilines is 1. The Hall–Kier alpha value is -2.78. The lowest BCUT2D eigenvalue weighted by molar-refractivity contribution is -0.139. The zero-order valence-electron chi connectivity index (χ0n) is 18.8. The molecular weight excluding hydrogens is 454 g/mol. The Morgan fingerprint density at radius 1 is 1.19 bits per heavy atom. The number of halogens is 1. The number of carbonyl (C=O) groups excluding carboxylic acids is 2. The molecule has 2 rings (SSSR count). The number of likely N-dealkylation sites (N-methyl/N-ethyl adjacent to an activating group) is 1. The minimum atomic E-state index is -3.79. The highest BCUT2D eigenvalue weighted by Gasteiger charge is 2.30. The van der Waals surface area contributed by atoms with Gasteiger partial charge in [-0.2, -0.15) is 0 Å². The minimum absolute atomic E-state index is 0.0990. The number of benzene rings is 2. The first-order valence-corrected chi connectivity index (χ1v) is 12.1. The van der Waals surface area contributed by atoms with Gasteiger partial charge in [-0.05, 0) is 55.3 Å². The fraction of sp³-hybridized carbons (Fsp3) is 0.364. The Morgan fingerprint density at radius 3 is 2.44 bits per heavy atom. The van der Waals surface area contributed by atoms with Crippen molar-refractivity contribution in [3.8, 4) is 5.75 Å². The molecule has 0 heterocycles. The zero-order valence-corrected chi connectivity index (χ0v) is 20.3. The van der Waals surface area contributed by atoms with Gasteiger partial charge in [0.25, 0.3) is 0 Å². The molecule has 0 aliphatic carbocycles. The van der Waals surface area contributed by atoms with Crippen LogP contribution in [0, 0.1) is 6.92 Å². The highest BCUT2D eigenvalue weighted by atomic mass is 35.5. The summed E-state index contributed by atoms with van der Waals surface area (Å²) in [6, 6.07) is 11.0. The third kappa shape index (κ3) is 6.37. The van der Waals surface area contributed by atoms with Crippen LogP contribution in [0.15, 0.2) is 42.5 Å². The van der Waals surface area contributed by atoms with Gasteiger partial charge in [-0.3, -0.25) is 13.9 Å². The van der Waals surface area contributed by atoms with E-state index in [1.54, 1.807) is 56.3 Å². The molecule has 0 aromatic heterocycles. The number of hydrogen-bond donors (Lipinski definition) is 1. The first-order chi connectivity index (χ1) is 15.0. The Bertz CT molecular complexity index is 1090. The molecule has 8 nitrogen and oxygen atoms in total. The maximum atomic E-state index is 13.4. The lowest BCUT2D eigenvalue weighted by Crippen LogP contribution is -2.50. The van der Waals surface area contributed by atoms with E-state index in [4.69, 9.17) is 16.3 Å². The number of sulfonamides is 1. The summed E-state index contributed by atoms with van der Waals surface area (Å²) in [6.45, 7) is 2.94. The standard InChI is InChI=1S/C22H28ClN3O5S/c1-15-11-18(23)9-10-20(15)26(32(5,29)30)14-21(27)25(16(2)22(28)24-3)13-17-7-6-8-19(12-17)31-4/h6-12,16H,13-14H2,1-5H3,(H,24,28)/t16-/m1/s1. The van der Waals surface area contributed by atoms with Crippen molar-refractivity contribution < 1.29 is 22.7 Å². The van der Waals surface area contributed by atoms with E-state index in [1.165, 1.54) is 19.1 Å². The molecule has 1 N–H and O–H groups in total. The molecule has 0 aliphatic heterocycles. The highest BCUT2D eigenvalue weighted by Crippen LogP contribution is 2.26. The quantitative estimate of drug-likeness (QED) is 0.594. The monoisotopic (exact) mass is 481 g/mol. The normalized spacial score (nSPS) is 12.1. The molecule has 0 spiro atoms. The maximum Gasteiger partial charge on any atom is 0.244 e. The van der Waals surface area contributed by atoms with Crippen molar-refractivity contribution in [1.29, 1.82) is 0 Å². The number of rotatable bonds is 9. The van der Waals surface area contributed by atoms with Gasteiger partial charge in [-0.1, -0.05) is 23.7 Å². The number of ether oxygens (including phenoxy) is 1. The van der Waals surface area contributed by atoms with Crippen LogP contribution in [0.4, 0.5) is 5.69 Å². The molecule has 32 heavy (non-hydrogen) atoms. The number of hydrogen-bond acceptors (Lipinski definition) is 5.